The topological polar surface area (TPSA) is 8.17 Å². The maximum absolute atomic E-state index is 2.61. The highest BCUT2D eigenvalue weighted by atomic mass is 15.1. The lowest BCUT2D eigenvalue weighted by molar-refractivity contribution is 0.748. The van der Waals surface area contributed by atoms with Crippen LogP contribution in [0.2, 0.25) is 0 Å². The summed E-state index contributed by atoms with van der Waals surface area (Å²) < 4.78 is 2.54. The second-order valence-electron chi connectivity index (χ2n) is 21.7. The van der Waals surface area contributed by atoms with Crippen LogP contribution in [0.25, 0.3) is 82.8 Å². The molecule has 1 aromatic heterocycles. The van der Waals surface area contributed by atoms with Gasteiger partial charge in [0.1, 0.15) is 0 Å². The highest BCUT2D eigenvalue weighted by molar-refractivity contribution is 6.13. The number of benzene rings is 13. The molecule has 1 spiro atoms. The largest absolute Gasteiger partial charge is 0.309 e. The van der Waals surface area contributed by atoms with Crippen LogP contribution in [0, 0.1) is 0 Å². The summed E-state index contributed by atoms with van der Waals surface area (Å²) in [5.74, 6) is 0. The monoisotopic (exact) mass is 1010 g/mol. The van der Waals surface area contributed by atoms with Crippen LogP contribution >= 0.6 is 0 Å². The second-order valence-corrected chi connectivity index (χ2v) is 21.7. The zero-order chi connectivity index (χ0) is 52.5. The molecule has 0 radical (unpaired) electrons. The van der Waals surface area contributed by atoms with Gasteiger partial charge in [0.25, 0.3) is 0 Å². The normalized spacial score (nSPS) is 14.9. The molecule has 1 aliphatic heterocycles. The average Bonchev–Trinajstić information content (AvgIpc) is 3.96. The minimum Gasteiger partial charge on any atom is -0.309 e. The molecule has 14 aromatic rings. The maximum atomic E-state index is 2.61. The van der Waals surface area contributed by atoms with Crippen molar-refractivity contribution in [3.63, 3.8) is 0 Å². The number of aromatic nitrogens is 1. The minimum atomic E-state index is -0.643. The van der Waals surface area contributed by atoms with Crippen molar-refractivity contribution in [3.05, 3.63) is 348 Å². The van der Waals surface area contributed by atoms with E-state index in [-0.39, 0.29) is 0 Å². The molecule has 0 amide bonds. The first-order chi connectivity index (χ1) is 39.7. The molecule has 13 aromatic carbocycles. The van der Waals surface area contributed by atoms with Gasteiger partial charge in [-0.05, 0) is 125 Å². The lowest BCUT2D eigenvalue weighted by Crippen LogP contribution is -2.33. The van der Waals surface area contributed by atoms with Crippen LogP contribution < -0.4 is 4.90 Å². The molecule has 1 unspecified atom stereocenters. The Morgan fingerprint density at radius 3 is 1.56 bits per heavy atom. The first kappa shape index (κ1) is 44.8. The second kappa shape index (κ2) is 17.1. The summed E-state index contributed by atoms with van der Waals surface area (Å²) >= 11 is 0. The van der Waals surface area contributed by atoms with Gasteiger partial charge in [-0.15, -0.1) is 0 Å². The van der Waals surface area contributed by atoms with Crippen LogP contribution in [-0.2, 0) is 10.8 Å². The van der Waals surface area contributed by atoms with Crippen molar-refractivity contribution in [1.82, 2.24) is 4.57 Å². The Morgan fingerprint density at radius 1 is 0.275 bits per heavy atom. The van der Waals surface area contributed by atoms with E-state index in [4.69, 9.17) is 0 Å². The van der Waals surface area contributed by atoms with Crippen molar-refractivity contribution in [2.45, 2.75) is 10.8 Å². The van der Waals surface area contributed by atoms with Crippen LogP contribution in [0.1, 0.15) is 44.5 Å². The van der Waals surface area contributed by atoms with E-state index >= 15 is 0 Å². The van der Waals surface area contributed by atoms with Crippen molar-refractivity contribution < 1.29 is 0 Å². The number of rotatable bonds is 7. The van der Waals surface area contributed by atoms with Crippen LogP contribution in [-0.4, -0.2) is 4.57 Å². The quantitative estimate of drug-likeness (QED) is 0.154. The molecule has 0 fully saturated rings. The van der Waals surface area contributed by atoms with E-state index in [0.29, 0.717) is 0 Å². The lowest BCUT2D eigenvalue weighted by atomic mass is 9.65. The van der Waals surface area contributed by atoms with Gasteiger partial charge in [0.2, 0.25) is 0 Å². The van der Waals surface area contributed by atoms with Gasteiger partial charge in [-0.25, -0.2) is 0 Å². The van der Waals surface area contributed by atoms with E-state index in [0.717, 1.165) is 22.6 Å². The van der Waals surface area contributed by atoms with Gasteiger partial charge >= 0.3 is 0 Å². The Hall–Kier alpha value is -10.3. The maximum Gasteiger partial charge on any atom is 0.0755 e. The standard InChI is InChI=1S/C78H50N2/c1-3-26-52(27-4-1)77(53-28-5-2-6-29-53)66-40-16-12-36-64(66)75-68(77)42-23-47-74(75)79(71-44-18-13-34-61(71)58-32-10-9-31-57(58)56-37-21-25-51-24-7-8-30-55(51)56)54-48-49-60-59-33-11-15-39-65(59)78(70(60)50-54)67-41-17-20-46-73(67)80-72-45-19-14-35-62(72)63-38-22-43-69(78)76(63)80/h1-50H. The van der Waals surface area contributed by atoms with Crippen LogP contribution in [0.3, 0.4) is 0 Å². The van der Waals surface area contributed by atoms with E-state index in [1.807, 2.05) is 0 Å². The number of fused-ring (bicyclic) bond motifs is 16. The Bertz CT molecular complexity index is 4810. The van der Waals surface area contributed by atoms with Gasteiger partial charge in [0.05, 0.1) is 38.9 Å². The molecule has 2 heterocycles. The first-order valence-electron chi connectivity index (χ1n) is 27.9. The molecule has 0 bridgehead atoms. The summed E-state index contributed by atoms with van der Waals surface area (Å²) in [7, 11) is 0. The predicted octanol–water partition coefficient (Wildman–Crippen LogP) is 19.8. The summed E-state index contributed by atoms with van der Waals surface area (Å²) in [6.45, 7) is 0. The number of anilines is 3. The number of hydrogen-bond acceptors (Lipinski definition) is 1. The lowest BCUT2D eigenvalue weighted by Gasteiger charge is -2.40. The zero-order valence-corrected chi connectivity index (χ0v) is 43.8. The van der Waals surface area contributed by atoms with Crippen molar-refractivity contribution in [3.8, 4) is 50.2 Å². The van der Waals surface area contributed by atoms with Gasteiger partial charge in [-0.2, -0.15) is 0 Å². The fraction of sp³-hybridized carbons (Fsp3) is 0.0256. The van der Waals surface area contributed by atoms with E-state index < -0.39 is 10.8 Å². The zero-order valence-electron chi connectivity index (χ0n) is 43.8. The molecular formula is C78H50N2. The molecule has 80 heavy (non-hydrogen) atoms. The smallest absolute Gasteiger partial charge is 0.0755 e. The van der Waals surface area contributed by atoms with Gasteiger partial charge < -0.3 is 9.47 Å². The molecule has 372 valence electrons. The molecule has 17 rings (SSSR count). The van der Waals surface area contributed by atoms with E-state index in [1.54, 1.807) is 0 Å². The van der Waals surface area contributed by atoms with Crippen molar-refractivity contribution in [1.29, 1.82) is 0 Å². The fourth-order valence-electron chi connectivity index (χ4n) is 15.1. The Morgan fingerprint density at radius 2 is 0.775 bits per heavy atom. The summed E-state index contributed by atoms with van der Waals surface area (Å²) in [5, 5.41) is 5.00. The Labute approximate surface area is 465 Å². The molecule has 2 aliphatic carbocycles. The van der Waals surface area contributed by atoms with Gasteiger partial charge in [-0.3, -0.25) is 0 Å². The third-order valence-corrected chi connectivity index (χ3v) is 18.1. The van der Waals surface area contributed by atoms with E-state index in [9.17, 15) is 0 Å². The molecule has 0 saturated heterocycles. The van der Waals surface area contributed by atoms with E-state index in [2.05, 4.69) is 313 Å². The van der Waals surface area contributed by atoms with E-state index in [1.165, 1.54) is 122 Å². The SMILES string of the molecule is c1ccc(C2(c3ccccc3)c3ccccc3-c3c(N(c4ccc5c(c4)C4(c6ccccc6-5)c5ccccc5-n5c6ccccc6c6cccc4c65)c4ccccc4-c4ccccc4-c4cccc5ccccc45)cccc32)cc1. The fourth-order valence-corrected chi connectivity index (χ4v) is 15.1. The molecule has 2 heteroatoms. The minimum absolute atomic E-state index is 0.594. The molecule has 3 aliphatic rings. The van der Waals surface area contributed by atoms with Crippen LogP contribution in [0.5, 0.6) is 0 Å². The van der Waals surface area contributed by atoms with Crippen molar-refractivity contribution >= 4 is 49.6 Å². The Balaban J connectivity index is 0.992. The van der Waals surface area contributed by atoms with Crippen LogP contribution in [0.15, 0.2) is 303 Å². The summed E-state index contributed by atoms with van der Waals surface area (Å²) in [6, 6.07) is 114. The molecular weight excluding hydrogens is 965 g/mol. The predicted molar refractivity (Wildman–Crippen MR) is 332 cm³/mol. The molecule has 0 N–H and O–H groups in total. The van der Waals surface area contributed by atoms with Gasteiger partial charge in [0, 0.05) is 27.6 Å². The number of nitrogens with zero attached hydrogens (tertiary/aromatic N) is 2. The van der Waals surface area contributed by atoms with Gasteiger partial charge in [-0.1, -0.05) is 267 Å². The summed E-state index contributed by atoms with van der Waals surface area (Å²) in [6.07, 6.45) is 0. The number of para-hydroxylation sites is 4. The number of hydrogen-bond donors (Lipinski definition) is 0. The molecule has 1 atom stereocenters. The highest BCUT2D eigenvalue weighted by Crippen LogP contribution is 2.64. The first-order valence-corrected chi connectivity index (χ1v) is 27.9. The molecule has 2 nitrogen and oxygen atoms in total. The van der Waals surface area contributed by atoms with Gasteiger partial charge in [0.15, 0.2) is 0 Å². The van der Waals surface area contributed by atoms with Crippen molar-refractivity contribution in [2.24, 2.45) is 0 Å². The third kappa shape index (κ3) is 5.92. The van der Waals surface area contributed by atoms with Crippen molar-refractivity contribution in [2.75, 3.05) is 4.90 Å². The average molecular weight is 1020 g/mol. The highest BCUT2D eigenvalue weighted by Gasteiger charge is 2.52. The third-order valence-electron chi connectivity index (χ3n) is 18.1. The summed E-state index contributed by atoms with van der Waals surface area (Å²) in [4.78, 5) is 2.61. The Kier molecular flexibility index (Phi) is 9.58. The molecule has 0 saturated carbocycles. The van der Waals surface area contributed by atoms with Crippen LogP contribution in [0.4, 0.5) is 17.1 Å². The summed E-state index contributed by atoms with van der Waals surface area (Å²) in [5.41, 5.74) is 25.7.